The van der Waals surface area contributed by atoms with Crippen LogP contribution in [-0.4, -0.2) is 5.78 Å². The number of benzene rings is 1. The van der Waals surface area contributed by atoms with E-state index in [2.05, 4.69) is 13.5 Å². The second-order valence-corrected chi connectivity index (χ2v) is 3.96. The van der Waals surface area contributed by atoms with Crippen LogP contribution in [0, 0.1) is 5.82 Å². The second kappa shape index (κ2) is 5.59. The Balaban J connectivity index is 2.88. The van der Waals surface area contributed by atoms with Crippen molar-refractivity contribution in [2.24, 2.45) is 0 Å². The molecule has 2 heteroatoms. The molecule has 0 fully saturated rings. The molecular weight excluding hydrogens is 203 g/mol. The van der Waals surface area contributed by atoms with Crippen LogP contribution in [-0.2, 0) is 0 Å². The molecule has 0 spiro atoms. The predicted molar refractivity (Wildman–Crippen MR) is 65.0 cm³/mol. The van der Waals surface area contributed by atoms with Crippen LogP contribution in [0.1, 0.15) is 49.0 Å². The van der Waals surface area contributed by atoms with Gasteiger partial charge in [0.25, 0.3) is 0 Å². The fourth-order valence-electron chi connectivity index (χ4n) is 1.56. The number of carbonyl (C=O) groups is 1. The zero-order valence-electron chi connectivity index (χ0n) is 9.85. The fraction of sp³-hybridized carbons (Fsp3) is 0.357. The highest BCUT2D eigenvalue weighted by Crippen LogP contribution is 2.21. The van der Waals surface area contributed by atoms with E-state index in [0.29, 0.717) is 0 Å². The van der Waals surface area contributed by atoms with Gasteiger partial charge in [-0.1, -0.05) is 26.0 Å². The van der Waals surface area contributed by atoms with Crippen molar-refractivity contribution in [2.45, 2.75) is 33.1 Å². The first-order chi connectivity index (χ1) is 7.56. The van der Waals surface area contributed by atoms with Gasteiger partial charge in [0.1, 0.15) is 5.82 Å². The minimum atomic E-state index is -0.456. The first kappa shape index (κ1) is 12.6. The van der Waals surface area contributed by atoms with Crippen LogP contribution in [0.3, 0.4) is 0 Å². The molecule has 0 saturated carbocycles. The number of halogens is 1. The topological polar surface area (TPSA) is 17.1 Å². The molecule has 0 heterocycles. The Morgan fingerprint density at radius 2 is 2.12 bits per heavy atom. The third-order valence-corrected chi connectivity index (χ3v) is 2.59. The third kappa shape index (κ3) is 3.02. The van der Waals surface area contributed by atoms with Gasteiger partial charge in [0, 0.05) is 0 Å². The van der Waals surface area contributed by atoms with E-state index in [0.717, 1.165) is 30.4 Å². The number of rotatable bonds is 5. The molecule has 0 aliphatic heterocycles. The summed E-state index contributed by atoms with van der Waals surface area (Å²) in [6.45, 7) is 7.40. The van der Waals surface area contributed by atoms with Crippen molar-refractivity contribution in [1.82, 2.24) is 0 Å². The van der Waals surface area contributed by atoms with E-state index in [9.17, 15) is 9.18 Å². The van der Waals surface area contributed by atoms with Gasteiger partial charge in [-0.15, -0.1) is 0 Å². The van der Waals surface area contributed by atoms with Gasteiger partial charge >= 0.3 is 0 Å². The number of ketones is 1. The average Bonchev–Trinajstić information content (AvgIpc) is 2.25. The van der Waals surface area contributed by atoms with Crippen LogP contribution in [0.15, 0.2) is 24.8 Å². The quantitative estimate of drug-likeness (QED) is 0.678. The summed E-state index contributed by atoms with van der Waals surface area (Å²) in [5.74, 6) is -0.703. The zero-order chi connectivity index (χ0) is 12.1. The molecular formula is C14H17FO. The van der Waals surface area contributed by atoms with Crippen LogP contribution in [0.25, 0.3) is 5.57 Å². The summed E-state index contributed by atoms with van der Waals surface area (Å²) in [5.41, 5.74) is 1.86. The molecule has 0 N–H and O–H groups in total. The summed E-state index contributed by atoms with van der Waals surface area (Å²) in [4.78, 5) is 11.1. The van der Waals surface area contributed by atoms with Gasteiger partial charge in [-0.2, -0.15) is 0 Å². The van der Waals surface area contributed by atoms with Crippen LogP contribution in [0.2, 0.25) is 0 Å². The number of Topliss-reactive ketones (excluding diaryl/α,β-unsaturated/α-hetero) is 1. The van der Waals surface area contributed by atoms with Crippen molar-refractivity contribution in [2.75, 3.05) is 0 Å². The highest BCUT2D eigenvalue weighted by Gasteiger charge is 2.08. The molecule has 1 nitrogen and oxygen atoms in total. The highest BCUT2D eigenvalue weighted by atomic mass is 19.1. The summed E-state index contributed by atoms with van der Waals surface area (Å²) in [6.07, 6.45) is 3.01. The monoisotopic (exact) mass is 220 g/mol. The first-order valence-electron chi connectivity index (χ1n) is 5.55. The smallest absolute Gasteiger partial charge is 0.162 e. The largest absolute Gasteiger partial charge is 0.294 e. The van der Waals surface area contributed by atoms with Gasteiger partial charge in [-0.25, -0.2) is 4.39 Å². The Bertz CT molecular complexity index is 407. The Morgan fingerprint density at radius 1 is 1.44 bits per heavy atom. The van der Waals surface area contributed by atoms with Crippen molar-refractivity contribution >= 4 is 11.4 Å². The number of unbranched alkanes of at least 4 members (excludes halogenated alkanes) is 1. The Labute approximate surface area is 96.0 Å². The number of hydrogen-bond acceptors (Lipinski definition) is 1. The molecule has 0 unspecified atom stereocenters. The van der Waals surface area contributed by atoms with Crippen molar-refractivity contribution in [3.8, 4) is 0 Å². The lowest BCUT2D eigenvalue weighted by atomic mass is 9.99. The highest BCUT2D eigenvalue weighted by molar-refractivity contribution is 5.94. The maximum Gasteiger partial charge on any atom is 0.162 e. The van der Waals surface area contributed by atoms with Gasteiger partial charge in [0.05, 0.1) is 5.56 Å². The first-order valence-corrected chi connectivity index (χ1v) is 5.55. The van der Waals surface area contributed by atoms with Crippen LogP contribution in [0.5, 0.6) is 0 Å². The van der Waals surface area contributed by atoms with Gasteiger partial charge in [0.15, 0.2) is 5.78 Å². The molecule has 0 aliphatic rings. The van der Waals surface area contributed by atoms with E-state index in [4.69, 9.17) is 0 Å². The van der Waals surface area contributed by atoms with E-state index in [1.807, 2.05) is 0 Å². The minimum absolute atomic E-state index is 0.145. The molecule has 0 radical (unpaired) electrons. The minimum Gasteiger partial charge on any atom is -0.294 e. The van der Waals surface area contributed by atoms with Gasteiger partial charge in [-0.3, -0.25) is 4.79 Å². The lowest BCUT2D eigenvalue weighted by Gasteiger charge is -2.06. The van der Waals surface area contributed by atoms with Gasteiger partial charge < -0.3 is 0 Å². The predicted octanol–water partition coefficient (Wildman–Crippen LogP) is 4.23. The molecule has 1 aromatic carbocycles. The van der Waals surface area contributed by atoms with Gasteiger partial charge in [-0.05, 0) is 43.0 Å². The van der Waals surface area contributed by atoms with Crippen LogP contribution < -0.4 is 0 Å². The Morgan fingerprint density at radius 3 is 2.62 bits per heavy atom. The van der Waals surface area contributed by atoms with E-state index >= 15 is 0 Å². The summed E-state index contributed by atoms with van der Waals surface area (Å²) in [6, 6.07) is 4.69. The lowest BCUT2D eigenvalue weighted by Crippen LogP contribution is -1.97. The molecule has 16 heavy (non-hydrogen) atoms. The van der Waals surface area contributed by atoms with Crippen molar-refractivity contribution in [3.63, 3.8) is 0 Å². The summed E-state index contributed by atoms with van der Waals surface area (Å²) in [5, 5.41) is 0. The standard InChI is InChI=1S/C14H17FO/c1-4-5-6-10(2)12-7-8-13(11(3)16)14(15)9-12/h7-9H,2,4-6H2,1,3H3. The van der Waals surface area contributed by atoms with Crippen LogP contribution in [0.4, 0.5) is 4.39 Å². The van der Waals surface area contributed by atoms with Crippen molar-refractivity contribution in [1.29, 1.82) is 0 Å². The van der Waals surface area contributed by atoms with E-state index in [-0.39, 0.29) is 11.3 Å². The maximum absolute atomic E-state index is 13.5. The third-order valence-electron chi connectivity index (χ3n) is 2.59. The molecule has 0 saturated heterocycles. The molecule has 0 aliphatic carbocycles. The summed E-state index contributed by atoms with van der Waals surface area (Å²) in [7, 11) is 0. The van der Waals surface area contributed by atoms with Crippen molar-refractivity contribution in [3.05, 3.63) is 41.7 Å². The molecule has 86 valence electrons. The normalized spacial score (nSPS) is 10.2. The molecule has 0 bridgehead atoms. The van der Waals surface area contributed by atoms with Crippen molar-refractivity contribution < 1.29 is 9.18 Å². The number of hydrogen-bond donors (Lipinski definition) is 0. The van der Waals surface area contributed by atoms with E-state index < -0.39 is 5.82 Å². The Hall–Kier alpha value is -1.44. The maximum atomic E-state index is 13.5. The lowest BCUT2D eigenvalue weighted by molar-refractivity contribution is 0.101. The number of allylic oxidation sites excluding steroid dienone is 1. The molecule has 1 rings (SSSR count). The molecule has 1 aromatic rings. The molecule has 0 aromatic heterocycles. The SMILES string of the molecule is C=C(CCCC)c1ccc(C(C)=O)c(F)c1. The fourth-order valence-corrected chi connectivity index (χ4v) is 1.56. The van der Waals surface area contributed by atoms with E-state index in [1.54, 1.807) is 6.07 Å². The average molecular weight is 220 g/mol. The van der Waals surface area contributed by atoms with Gasteiger partial charge in [0.2, 0.25) is 0 Å². The van der Waals surface area contributed by atoms with E-state index in [1.165, 1.54) is 19.1 Å². The second-order valence-electron chi connectivity index (χ2n) is 3.96. The summed E-state index contributed by atoms with van der Waals surface area (Å²) < 4.78 is 13.5. The Kier molecular flexibility index (Phi) is 4.41. The number of carbonyl (C=O) groups excluding carboxylic acids is 1. The van der Waals surface area contributed by atoms with Crippen LogP contribution >= 0.6 is 0 Å². The molecule has 0 atom stereocenters. The zero-order valence-corrected chi connectivity index (χ0v) is 9.85. The molecule has 0 amide bonds. The summed E-state index contributed by atoms with van der Waals surface area (Å²) >= 11 is 0.